The largest absolute Gasteiger partial charge is 0.437 e. The first kappa shape index (κ1) is 15.0. The summed E-state index contributed by atoms with van der Waals surface area (Å²) in [6, 6.07) is -0.243. The van der Waals surface area contributed by atoms with Gasteiger partial charge in [0.25, 0.3) is 0 Å². The molecule has 2 aliphatic heterocycles. The van der Waals surface area contributed by atoms with Crippen molar-refractivity contribution in [2.45, 2.75) is 31.8 Å². The van der Waals surface area contributed by atoms with Crippen LogP contribution in [-0.2, 0) is 10.2 Å². The van der Waals surface area contributed by atoms with Gasteiger partial charge < -0.3 is 14.5 Å². The fourth-order valence-corrected chi connectivity index (χ4v) is 3.29. The maximum atomic E-state index is 12.2. The van der Waals surface area contributed by atoms with Gasteiger partial charge in [-0.2, -0.15) is 0 Å². The van der Waals surface area contributed by atoms with Gasteiger partial charge in [0.05, 0.1) is 19.6 Å². The Morgan fingerprint density at radius 2 is 2.00 bits per heavy atom. The number of likely N-dealkylation sites (tertiary alicyclic amines) is 1. The summed E-state index contributed by atoms with van der Waals surface area (Å²) in [5.74, 6) is 0. The average molecular weight is 325 g/mol. The fraction of sp³-hybridized carbons (Fsp3) is 0.692. The van der Waals surface area contributed by atoms with E-state index in [4.69, 9.17) is 4.74 Å². The summed E-state index contributed by atoms with van der Waals surface area (Å²) >= 11 is 1.37. The molecular weight excluding hydrogens is 306 g/mol. The Morgan fingerprint density at radius 3 is 2.50 bits per heavy atom. The quantitative estimate of drug-likeness (QED) is 0.845. The standard InChI is InChI=1S/C13H19N5O3S/c1-12(2,3)8-15-16-9(22-8)14-10(19)18-6-13(7-18)5-17(4)11(20)21-13/h5-7H2,1-4H3,(H,14,16,19). The van der Waals surface area contributed by atoms with Crippen LogP contribution in [0.25, 0.3) is 0 Å². The Hall–Kier alpha value is -1.90. The number of amides is 3. The molecule has 22 heavy (non-hydrogen) atoms. The molecule has 1 spiro atoms. The highest BCUT2D eigenvalue weighted by molar-refractivity contribution is 7.15. The molecular formula is C13H19N5O3S. The van der Waals surface area contributed by atoms with Crippen molar-refractivity contribution in [1.29, 1.82) is 0 Å². The third-order valence-electron chi connectivity index (χ3n) is 3.67. The average Bonchev–Trinajstić information content (AvgIpc) is 2.93. The van der Waals surface area contributed by atoms with Crippen LogP contribution in [0.15, 0.2) is 0 Å². The Labute approximate surface area is 132 Å². The fourth-order valence-electron chi connectivity index (χ4n) is 2.50. The van der Waals surface area contributed by atoms with Crippen LogP contribution in [0, 0.1) is 0 Å². The van der Waals surface area contributed by atoms with Gasteiger partial charge in [0.1, 0.15) is 5.01 Å². The Bertz CT molecular complexity index is 617. The molecule has 2 aliphatic rings. The number of nitrogens with one attached hydrogen (secondary N) is 1. The molecule has 3 rings (SSSR count). The molecule has 1 N–H and O–H groups in total. The van der Waals surface area contributed by atoms with Crippen molar-refractivity contribution in [1.82, 2.24) is 20.0 Å². The van der Waals surface area contributed by atoms with Crippen LogP contribution in [0.5, 0.6) is 0 Å². The maximum Gasteiger partial charge on any atom is 0.410 e. The van der Waals surface area contributed by atoms with E-state index in [0.717, 1.165) is 5.01 Å². The van der Waals surface area contributed by atoms with Crippen LogP contribution in [0.3, 0.4) is 0 Å². The lowest BCUT2D eigenvalue weighted by Gasteiger charge is -2.44. The number of anilines is 1. The molecule has 0 atom stereocenters. The van der Waals surface area contributed by atoms with Crippen molar-refractivity contribution in [2.24, 2.45) is 0 Å². The molecule has 0 aromatic carbocycles. The number of carbonyl (C=O) groups is 2. The maximum absolute atomic E-state index is 12.2. The van der Waals surface area contributed by atoms with Crippen LogP contribution in [0.2, 0.25) is 0 Å². The second kappa shape index (κ2) is 4.80. The highest BCUT2D eigenvalue weighted by Gasteiger charge is 2.54. The zero-order valence-electron chi connectivity index (χ0n) is 13.0. The summed E-state index contributed by atoms with van der Waals surface area (Å²) in [5, 5.41) is 12.2. The minimum Gasteiger partial charge on any atom is -0.437 e. The predicted octanol–water partition coefficient (Wildman–Crippen LogP) is 1.50. The van der Waals surface area contributed by atoms with Gasteiger partial charge in [-0.1, -0.05) is 32.1 Å². The van der Waals surface area contributed by atoms with E-state index in [2.05, 4.69) is 15.5 Å². The van der Waals surface area contributed by atoms with Crippen molar-refractivity contribution in [3.8, 4) is 0 Å². The van der Waals surface area contributed by atoms with Gasteiger partial charge >= 0.3 is 12.1 Å². The smallest absolute Gasteiger partial charge is 0.410 e. The van der Waals surface area contributed by atoms with E-state index < -0.39 is 5.60 Å². The first-order valence-electron chi connectivity index (χ1n) is 7.03. The van der Waals surface area contributed by atoms with Gasteiger partial charge in [0.2, 0.25) is 5.13 Å². The number of nitrogens with zero attached hydrogens (tertiary/aromatic N) is 4. The highest BCUT2D eigenvalue weighted by atomic mass is 32.1. The number of aromatic nitrogens is 2. The number of hydrogen-bond acceptors (Lipinski definition) is 6. The molecule has 0 unspecified atom stereocenters. The van der Waals surface area contributed by atoms with Gasteiger partial charge in [-0.05, 0) is 0 Å². The molecule has 2 fully saturated rings. The van der Waals surface area contributed by atoms with Crippen LogP contribution < -0.4 is 5.32 Å². The monoisotopic (exact) mass is 325 g/mol. The molecule has 3 amide bonds. The van der Waals surface area contributed by atoms with E-state index in [9.17, 15) is 9.59 Å². The van der Waals surface area contributed by atoms with Gasteiger partial charge in [-0.15, -0.1) is 10.2 Å². The summed E-state index contributed by atoms with van der Waals surface area (Å²) in [6.45, 7) is 7.46. The van der Waals surface area contributed by atoms with E-state index in [1.54, 1.807) is 11.9 Å². The van der Waals surface area contributed by atoms with E-state index >= 15 is 0 Å². The number of rotatable bonds is 1. The lowest BCUT2D eigenvalue weighted by molar-refractivity contribution is -0.0488. The van der Waals surface area contributed by atoms with Gasteiger partial charge in [0, 0.05) is 12.5 Å². The SMILES string of the molecule is CN1CC2(CN(C(=O)Nc3nnc(C(C)(C)C)s3)C2)OC1=O. The molecule has 0 aliphatic carbocycles. The summed E-state index contributed by atoms with van der Waals surface area (Å²) in [6.07, 6.45) is -0.334. The molecule has 1 aromatic heterocycles. The second-order valence-corrected chi connectivity index (χ2v) is 7.83. The van der Waals surface area contributed by atoms with E-state index in [1.165, 1.54) is 16.2 Å². The Morgan fingerprint density at radius 1 is 1.32 bits per heavy atom. The van der Waals surface area contributed by atoms with Crippen molar-refractivity contribution in [3.05, 3.63) is 5.01 Å². The first-order valence-corrected chi connectivity index (χ1v) is 7.84. The zero-order valence-corrected chi connectivity index (χ0v) is 13.9. The molecule has 1 aromatic rings. The van der Waals surface area contributed by atoms with Gasteiger partial charge in [-0.3, -0.25) is 5.32 Å². The minimum atomic E-state index is -0.541. The number of ether oxygens (including phenoxy) is 1. The van der Waals surface area contributed by atoms with Crippen molar-refractivity contribution in [2.75, 3.05) is 32.0 Å². The van der Waals surface area contributed by atoms with Crippen LogP contribution in [0.1, 0.15) is 25.8 Å². The Balaban J connectivity index is 1.56. The molecule has 8 nitrogen and oxygen atoms in total. The lowest BCUT2D eigenvalue weighted by Crippen LogP contribution is -2.66. The number of urea groups is 1. The van der Waals surface area contributed by atoms with E-state index in [0.29, 0.717) is 24.8 Å². The number of likely N-dealkylation sites (N-methyl/N-ethyl adjacent to an activating group) is 1. The summed E-state index contributed by atoms with van der Waals surface area (Å²) in [5.41, 5.74) is -0.634. The summed E-state index contributed by atoms with van der Waals surface area (Å²) in [7, 11) is 1.69. The third-order valence-corrected chi connectivity index (χ3v) is 4.93. The molecule has 0 bridgehead atoms. The molecule has 0 radical (unpaired) electrons. The van der Waals surface area contributed by atoms with E-state index in [1.807, 2.05) is 20.8 Å². The number of hydrogen-bond donors (Lipinski definition) is 1. The van der Waals surface area contributed by atoms with Crippen LogP contribution >= 0.6 is 11.3 Å². The normalized spacial score (nSPS) is 20.1. The summed E-state index contributed by atoms with van der Waals surface area (Å²) in [4.78, 5) is 26.7. The summed E-state index contributed by atoms with van der Waals surface area (Å²) < 4.78 is 5.32. The Kier molecular flexibility index (Phi) is 3.28. The minimum absolute atomic E-state index is 0.0932. The second-order valence-electron chi connectivity index (χ2n) is 6.86. The third kappa shape index (κ3) is 2.60. The van der Waals surface area contributed by atoms with Crippen molar-refractivity contribution in [3.63, 3.8) is 0 Å². The lowest BCUT2D eigenvalue weighted by atomic mass is 9.95. The molecule has 2 saturated heterocycles. The van der Waals surface area contributed by atoms with Crippen molar-refractivity contribution >= 4 is 28.6 Å². The van der Waals surface area contributed by atoms with Gasteiger partial charge in [0.15, 0.2) is 5.60 Å². The van der Waals surface area contributed by atoms with Crippen LogP contribution in [0.4, 0.5) is 14.7 Å². The molecule has 0 saturated carbocycles. The molecule has 3 heterocycles. The topological polar surface area (TPSA) is 87.7 Å². The van der Waals surface area contributed by atoms with Crippen molar-refractivity contribution < 1.29 is 14.3 Å². The number of carbonyl (C=O) groups excluding carboxylic acids is 2. The van der Waals surface area contributed by atoms with Crippen LogP contribution in [-0.4, -0.2) is 64.4 Å². The molecule has 120 valence electrons. The predicted molar refractivity (Wildman–Crippen MR) is 81.0 cm³/mol. The zero-order chi connectivity index (χ0) is 16.1. The van der Waals surface area contributed by atoms with Gasteiger partial charge in [-0.25, -0.2) is 9.59 Å². The highest BCUT2D eigenvalue weighted by Crippen LogP contribution is 2.32. The molecule has 9 heteroatoms. The first-order chi connectivity index (χ1) is 10.2. The van der Waals surface area contributed by atoms with E-state index in [-0.39, 0.29) is 17.5 Å².